The second-order valence-electron chi connectivity index (χ2n) is 6.86. The minimum Gasteiger partial charge on any atom is -0.481 e. The van der Waals surface area contributed by atoms with Crippen LogP contribution in [0.25, 0.3) is 0 Å². The molecule has 0 saturated carbocycles. The first-order chi connectivity index (χ1) is 8.71. The van der Waals surface area contributed by atoms with Crippen molar-refractivity contribution in [3.63, 3.8) is 0 Å². The molecule has 0 aromatic carbocycles. The van der Waals surface area contributed by atoms with E-state index in [9.17, 15) is 9.90 Å². The molecule has 0 aliphatic heterocycles. The summed E-state index contributed by atoms with van der Waals surface area (Å²) in [7, 11) is 0. The Morgan fingerprint density at radius 1 is 1.11 bits per heavy atom. The zero-order valence-corrected chi connectivity index (χ0v) is 13.7. The van der Waals surface area contributed by atoms with Gasteiger partial charge in [-0.25, -0.2) is 0 Å². The third-order valence-corrected chi connectivity index (χ3v) is 3.91. The molecular weight excluding hydrogens is 238 g/mol. The summed E-state index contributed by atoms with van der Waals surface area (Å²) < 4.78 is 0. The first-order valence-corrected chi connectivity index (χ1v) is 7.67. The zero-order chi connectivity index (χ0) is 15.1. The van der Waals surface area contributed by atoms with E-state index in [1.54, 1.807) is 0 Å². The molecule has 0 spiro atoms. The van der Waals surface area contributed by atoms with E-state index in [2.05, 4.69) is 32.6 Å². The Kier molecular flexibility index (Phi) is 8.31. The highest BCUT2D eigenvalue weighted by Crippen LogP contribution is 2.24. The number of aliphatic carboxylic acids is 1. The zero-order valence-electron chi connectivity index (χ0n) is 13.7. The van der Waals surface area contributed by atoms with Crippen LogP contribution in [-0.2, 0) is 4.79 Å². The van der Waals surface area contributed by atoms with Gasteiger partial charge >= 0.3 is 5.97 Å². The van der Waals surface area contributed by atoms with Gasteiger partial charge in [0, 0.05) is 6.54 Å². The smallest absolute Gasteiger partial charge is 0.310 e. The molecule has 1 N–H and O–H groups in total. The van der Waals surface area contributed by atoms with Gasteiger partial charge in [0.05, 0.1) is 5.41 Å². The fraction of sp³-hybridized carbons (Fsp3) is 0.938. The summed E-state index contributed by atoms with van der Waals surface area (Å²) in [5, 5.41) is 9.41. The Hall–Kier alpha value is -0.570. The van der Waals surface area contributed by atoms with Crippen LogP contribution < -0.4 is 0 Å². The quantitative estimate of drug-likeness (QED) is 0.655. The van der Waals surface area contributed by atoms with Crippen LogP contribution in [0.3, 0.4) is 0 Å². The van der Waals surface area contributed by atoms with E-state index < -0.39 is 11.4 Å². The van der Waals surface area contributed by atoms with Crippen molar-refractivity contribution in [1.82, 2.24) is 4.90 Å². The van der Waals surface area contributed by atoms with Crippen LogP contribution in [0.5, 0.6) is 0 Å². The molecule has 0 saturated heterocycles. The predicted octanol–water partition coefficient (Wildman–Crippen LogP) is 3.88. The minimum atomic E-state index is -0.672. The van der Waals surface area contributed by atoms with Crippen LogP contribution in [0.2, 0.25) is 0 Å². The number of rotatable bonds is 10. The van der Waals surface area contributed by atoms with Crippen molar-refractivity contribution in [2.24, 2.45) is 17.3 Å². The molecule has 19 heavy (non-hydrogen) atoms. The summed E-state index contributed by atoms with van der Waals surface area (Å²) in [6.45, 7) is 15.4. The normalized spacial score (nSPS) is 15.2. The van der Waals surface area contributed by atoms with E-state index in [1.807, 2.05) is 13.8 Å². The number of carbonyl (C=O) groups is 1. The molecule has 3 nitrogen and oxygen atoms in total. The molecule has 0 heterocycles. The standard InChI is InChI=1S/C16H33NO2/c1-7-16(6,15(18)19)12-17(10-8-13(2)3)11-9-14(4)5/h13-14H,7-12H2,1-6H3,(H,18,19). The van der Waals surface area contributed by atoms with Crippen molar-refractivity contribution >= 4 is 5.97 Å². The molecule has 0 aromatic heterocycles. The number of carboxylic acids is 1. The van der Waals surface area contributed by atoms with Crippen molar-refractivity contribution in [2.45, 2.75) is 60.8 Å². The largest absolute Gasteiger partial charge is 0.481 e. The second-order valence-corrected chi connectivity index (χ2v) is 6.86. The maximum atomic E-state index is 11.4. The molecule has 0 bridgehead atoms. The number of hydrogen-bond acceptors (Lipinski definition) is 2. The average Bonchev–Trinajstić information content (AvgIpc) is 2.31. The van der Waals surface area contributed by atoms with E-state index in [1.165, 1.54) is 0 Å². The van der Waals surface area contributed by atoms with Gasteiger partial charge in [-0.3, -0.25) is 4.79 Å². The maximum Gasteiger partial charge on any atom is 0.310 e. The lowest BCUT2D eigenvalue weighted by atomic mass is 9.86. The van der Waals surface area contributed by atoms with Gasteiger partial charge in [-0.1, -0.05) is 34.6 Å². The van der Waals surface area contributed by atoms with Crippen LogP contribution in [0.1, 0.15) is 60.8 Å². The van der Waals surface area contributed by atoms with E-state index in [0.717, 1.165) is 25.9 Å². The van der Waals surface area contributed by atoms with Crippen molar-refractivity contribution in [1.29, 1.82) is 0 Å². The highest BCUT2D eigenvalue weighted by molar-refractivity contribution is 5.74. The molecule has 0 amide bonds. The second kappa shape index (κ2) is 8.57. The van der Waals surface area contributed by atoms with Gasteiger partial charge in [0.15, 0.2) is 0 Å². The molecule has 0 aliphatic carbocycles. The van der Waals surface area contributed by atoms with Crippen LogP contribution in [-0.4, -0.2) is 35.6 Å². The van der Waals surface area contributed by atoms with Crippen molar-refractivity contribution < 1.29 is 9.90 Å². The van der Waals surface area contributed by atoms with Gasteiger partial charge in [0.1, 0.15) is 0 Å². The lowest BCUT2D eigenvalue weighted by Gasteiger charge is -2.32. The molecular formula is C16H33NO2. The Bertz CT molecular complexity index is 251. The molecule has 0 fully saturated rings. The third kappa shape index (κ3) is 7.56. The van der Waals surface area contributed by atoms with Gasteiger partial charge < -0.3 is 10.0 Å². The molecule has 0 aliphatic rings. The van der Waals surface area contributed by atoms with Gasteiger partial charge in [-0.2, -0.15) is 0 Å². The Morgan fingerprint density at radius 2 is 1.53 bits per heavy atom. The van der Waals surface area contributed by atoms with E-state index in [4.69, 9.17) is 0 Å². The topological polar surface area (TPSA) is 40.5 Å². The average molecular weight is 271 g/mol. The van der Waals surface area contributed by atoms with Crippen molar-refractivity contribution in [3.05, 3.63) is 0 Å². The summed E-state index contributed by atoms with van der Waals surface area (Å²) in [6, 6.07) is 0. The molecule has 114 valence electrons. The van der Waals surface area contributed by atoms with E-state index in [-0.39, 0.29) is 0 Å². The van der Waals surface area contributed by atoms with Gasteiger partial charge in [0.25, 0.3) is 0 Å². The van der Waals surface area contributed by atoms with Crippen LogP contribution in [0.4, 0.5) is 0 Å². The lowest BCUT2D eigenvalue weighted by Crippen LogP contribution is -2.42. The number of nitrogens with zero attached hydrogens (tertiary/aromatic N) is 1. The molecule has 1 unspecified atom stereocenters. The first-order valence-electron chi connectivity index (χ1n) is 7.67. The summed E-state index contributed by atoms with van der Waals surface area (Å²) in [6.07, 6.45) is 2.96. The van der Waals surface area contributed by atoms with E-state index in [0.29, 0.717) is 24.8 Å². The van der Waals surface area contributed by atoms with Gasteiger partial charge in [-0.05, 0) is 51.1 Å². The third-order valence-electron chi connectivity index (χ3n) is 3.91. The molecule has 0 aromatic rings. The summed E-state index contributed by atoms with van der Waals surface area (Å²) in [5.74, 6) is 0.660. The lowest BCUT2D eigenvalue weighted by molar-refractivity contribution is -0.149. The minimum absolute atomic E-state index is 0.617. The molecule has 3 heteroatoms. The maximum absolute atomic E-state index is 11.4. The predicted molar refractivity (Wildman–Crippen MR) is 81.4 cm³/mol. The Morgan fingerprint density at radius 3 is 1.79 bits per heavy atom. The Balaban J connectivity index is 4.58. The number of hydrogen-bond donors (Lipinski definition) is 1. The van der Waals surface area contributed by atoms with Crippen molar-refractivity contribution in [2.75, 3.05) is 19.6 Å². The molecule has 0 radical (unpaired) electrons. The molecule has 1 atom stereocenters. The first kappa shape index (κ1) is 18.4. The van der Waals surface area contributed by atoms with Crippen LogP contribution in [0, 0.1) is 17.3 Å². The fourth-order valence-corrected chi connectivity index (χ4v) is 1.98. The Labute approximate surface area is 119 Å². The van der Waals surface area contributed by atoms with Crippen LogP contribution in [0.15, 0.2) is 0 Å². The molecule has 0 rings (SSSR count). The van der Waals surface area contributed by atoms with Gasteiger partial charge in [-0.15, -0.1) is 0 Å². The number of carboxylic acid groups (broad SMARTS) is 1. The summed E-state index contributed by atoms with van der Waals surface area (Å²) in [4.78, 5) is 13.8. The summed E-state index contributed by atoms with van der Waals surface area (Å²) >= 11 is 0. The fourth-order valence-electron chi connectivity index (χ4n) is 1.98. The summed E-state index contributed by atoms with van der Waals surface area (Å²) in [5.41, 5.74) is -0.617. The highest BCUT2D eigenvalue weighted by atomic mass is 16.4. The van der Waals surface area contributed by atoms with E-state index >= 15 is 0 Å². The SMILES string of the molecule is CCC(C)(CN(CCC(C)C)CCC(C)C)C(=O)O. The monoisotopic (exact) mass is 271 g/mol. The van der Waals surface area contributed by atoms with Crippen molar-refractivity contribution in [3.8, 4) is 0 Å². The van der Waals surface area contributed by atoms with Gasteiger partial charge in [0.2, 0.25) is 0 Å². The van der Waals surface area contributed by atoms with Crippen LogP contribution >= 0.6 is 0 Å². The highest BCUT2D eigenvalue weighted by Gasteiger charge is 2.33.